The van der Waals surface area contributed by atoms with Crippen molar-refractivity contribution in [3.8, 4) is 0 Å². The molecule has 1 rings (SSSR count). The lowest BCUT2D eigenvalue weighted by molar-refractivity contribution is 0.274. The highest BCUT2D eigenvalue weighted by Crippen LogP contribution is 2.19. The molecule has 0 radical (unpaired) electrons. The molecule has 0 atom stereocenters. The van der Waals surface area contributed by atoms with Crippen molar-refractivity contribution in [1.82, 2.24) is 9.21 Å². The van der Waals surface area contributed by atoms with E-state index in [9.17, 15) is 8.42 Å². The second-order valence-electron chi connectivity index (χ2n) is 4.48. The average molecular weight is 363 g/mol. The molecule has 0 bridgehead atoms. The predicted molar refractivity (Wildman–Crippen MR) is 86.4 cm³/mol. The molecule has 20 heavy (non-hydrogen) atoms. The number of hydrogen-bond donors (Lipinski definition) is 0. The monoisotopic (exact) mass is 362 g/mol. The summed E-state index contributed by atoms with van der Waals surface area (Å²) in [5.41, 5.74) is 0. The maximum atomic E-state index is 12.6. The van der Waals surface area contributed by atoms with E-state index in [1.165, 1.54) is 4.31 Å². The Hall–Kier alpha value is -0.430. The van der Waals surface area contributed by atoms with Gasteiger partial charge >= 0.3 is 0 Å². The highest BCUT2D eigenvalue weighted by atomic mass is 79.9. The molecule has 114 valence electrons. The van der Waals surface area contributed by atoms with Gasteiger partial charge in [0.2, 0.25) is 10.0 Å². The number of rotatable bonds is 8. The molecule has 0 unspecified atom stereocenters. The third-order valence-electron chi connectivity index (χ3n) is 3.35. The van der Waals surface area contributed by atoms with Crippen molar-refractivity contribution in [2.75, 3.05) is 32.7 Å². The first-order chi connectivity index (χ1) is 9.45. The summed E-state index contributed by atoms with van der Waals surface area (Å²) < 4.78 is 27.5. The van der Waals surface area contributed by atoms with Crippen molar-refractivity contribution in [1.29, 1.82) is 0 Å². The Morgan fingerprint density at radius 2 is 1.70 bits per heavy atom. The molecule has 0 aromatic heterocycles. The van der Waals surface area contributed by atoms with Gasteiger partial charge in [0.25, 0.3) is 0 Å². The molecular formula is C14H23BrN2O2S. The Kier molecular flexibility index (Phi) is 7.15. The lowest BCUT2D eigenvalue weighted by Crippen LogP contribution is -2.38. The van der Waals surface area contributed by atoms with Crippen LogP contribution in [0.4, 0.5) is 0 Å². The first-order valence-electron chi connectivity index (χ1n) is 6.93. The van der Waals surface area contributed by atoms with Crippen LogP contribution < -0.4 is 0 Å². The second-order valence-corrected chi connectivity index (χ2v) is 7.33. The van der Waals surface area contributed by atoms with E-state index in [4.69, 9.17) is 0 Å². The number of likely N-dealkylation sites (N-methyl/N-ethyl adjacent to an activating group) is 2. The van der Waals surface area contributed by atoms with Crippen LogP contribution in [0, 0.1) is 0 Å². The van der Waals surface area contributed by atoms with E-state index in [-0.39, 0.29) is 0 Å². The highest BCUT2D eigenvalue weighted by Gasteiger charge is 2.23. The minimum absolute atomic E-state index is 0.341. The Labute approximate surface area is 130 Å². The fraction of sp³-hybridized carbons (Fsp3) is 0.571. The topological polar surface area (TPSA) is 40.6 Å². The van der Waals surface area contributed by atoms with Gasteiger partial charge in [-0.3, -0.25) is 0 Å². The van der Waals surface area contributed by atoms with E-state index < -0.39 is 10.0 Å². The molecule has 0 amide bonds. The number of halogens is 1. The molecule has 0 N–H and O–H groups in total. The molecule has 0 aliphatic rings. The van der Waals surface area contributed by atoms with Crippen molar-refractivity contribution >= 4 is 26.0 Å². The zero-order chi connectivity index (χ0) is 15.2. The van der Waals surface area contributed by atoms with Gasteiger partial charge in [-0.1, -0.05) is 42.8 Å². The zero-order valence-corrected chi connectivity index (χ0v) is 14.7. The summed E-state index contributed by atoms with van der Waals surface area (Å²) in [6, 6.07) is 6.86. The summed E-state index contributed by atoms with van der Waals surface area (Å²) in [7, 11) is -3.41. The van der Waals surface area contributed by atoms with Crippen LogP contribution in [0.25, 0.3) is 0 Å². The molecule has 4 nitrogen and oxygen atoms in total. The third kappa shape index (κ3) is 4.55. The van der Waals surface area contributed by atoms with E-state index in [0.717, 1.165) is 24.1 Å². The van der Waals surface area contributed by atoms with Crippen LogP contribution in [-0.4, -0.2) is 50.3 Å². The molecule has 0 aliphatic carbocycles. The highest BCUT2D eigenvalue weighted by molar-refractivity contribution is 9.10. The van der Waals surface area contributed by atoms with Crippen LogP contribution >= 0.6 is 15.9 Å². The SMILES string of the molecule is CCN(CC)CCN(CC)S(=O)(=O)c1cccc(Br)c1. The molecule has 0 spiro atoms. The Balaban J connectivity index is 2.87. The van der Waals surface area contributed by atoms with E-state index >= 15 is 0 Å². The van der Waals surface area contributed by atoms with E-state index in [0.29, 0.717) is 18.0 Å². The molecule has 0 saturated carbocycles. The molecule has 0 heterocycles. The number of sulfonamides is 1. The van der Waals surface area contributed by atoms with Gasteiger partial charge in [0, 0.05) is 24.1 Å². The molecule has 1 aromatic rings. The van der Waals surface area contributed by atoms with Crippen molar-refractivity contribution in [2.24, 2.45) is 0 Å². The van der Waals surface area contributed by atoms with Crippen LogP contribution in [0.3, 0.4) is 0 Å². The minimum atomic E-state index is -3.41. The van der Waals surface area contributed by atoms with Crippen molar-refractivity contribution in [3.63, 3.8) is 0 Å². The standard InChI is InChI=1S/C14H23BrN2O2S/c1-4-16(5-2)10-11-17(6-3)20(18,19)14-9-7-8-13(15)12-14/h7-9,12H,4-6,10-11H2,1-3H3. The maximum Gasteiger partial charge on any atom is 0.243 e. The van der Waals surface area contributed by atoms with Gasteiger partial charge in [-0.2, -0.15) is 4.31 Å². The fourth-order valence-corrected chi connectivity index (χ4v) is 4.05. The zero-order valence-electron chi connectivity index (χ0n) is 12.3. The molecule has 0 aliphatic heterocycles. The van der Waals surface area contributed by atoms with Gasteiger partial charge in [0.15, 0.2) is 0 Å². The van der Waals surface area contributed by atoms with Gasteiger partial charge in [-0.25, -0.2) is 8.42 Å². The Morgan fingerprint density at radius 3 is 2.20 bits per heavy atom. The smallest absolute Gasteiger partial charge is 0.243 e. The lowest BCUT2D eigenvalue weighted by Gasteiger charge is -2.25. The van der Waals surface area contributed by atoms with E-state index in [1.54, 1.807) is 18.2 Å². The van der Waals surface area contributed by atoms with Crippen molar-refractivity contribution in [3.05, 3.63) is 28.7 Å². The van der Waals surface area contributed by atoms with Crippen molar-refractivity contribution in [2.45, 2.75) is 25.7 Å². The van der Waals surface area contributed by atoms with E-state index in [2.05, 4.69) is 34.7 Å². The third-order valence-corrected chi connectivity index (χ3v) is 5.81. The first-order valence-corrected chi connectivity index (χ1v) is 9.17. The average Bonchev–Trinajstić information content (AvgIpc) is 2.43. The van der Waals surface area contributed by atoms with Crippen LogP contribution in [0.15, 0.2) is 33.6 Å². The maximum absolute atomic E-state index is 12.6. The number of nitrogens with zero attached hydrogens (tertiary/aromatic N) is 2. The Bertz CT molecular complexity index is 516. The number of hydrogen-bond acceptors (Lipinski definition) is 3. The van der Waals surface area contributed by atoms with E-state index in [1.807, 2.05) is 13.0 Å². The largest absolute Gasteiger partial charge is 0.303 e. The second kappa shape index (κ2) is 8.12. The quantitative estimate of drug-likeness (QED) is 0.713. The minimum Gasteiger partial charge on any atom is -0.303 e. The normalized spacial score (nSPS) is 12.3. The van der Waals surface area contributed by atoms with Gasteiger partial charge in [0.05, 0.1) is 4.90 Å². The van der Waals surface area contributed by atoms with Gasteiger partial charge < -0.3 is 4.90 Å². The van der Waals surface area contributed by atoms with Gasteiger partial charge in [-0.05, 0) is 31.3 Å². The predicted octanol–water partition coefficient (Wildman–Crippen LogP) is 2.80. The van der Waals surface area contributed by atoms with Crippen LogP contribution in [0.1, 0.15) is 20.8 Å². The summed E-state index contributed by atoms with van der Waals surface area (Å²) in [5.74, 6) is 0. The van der Waals surface area contributed by atoms with Crippen LogP contribution in [0.5, 0.6) is 0 Å². The van der Waals surface area contributed by atoms with Crippen LogP contribution in [0.2, 0.25) is 0 Å². The summed E-state index contributed by atoms with van der Waals surface area (Å²) in [4.78, 5) is 2.56. The summed E-state index contributed by atoms with van der Waals surface area (Å²) in [6.07, 6.45) is 0. The number of benzene rings is 1. The summed E-state index contributed by atoms with van der Waals surface area (Å²) in [5, 5.41) is 0. The van der Waals surface area contributed by atoms with Gasteiger partial charge in [-0.15, -0.1) is 0 Å². The van der Waals surface area contributed by atoms with Crippen molar-refractivity contribution < 1.29 is 8.42 Å². The lowest BCUT2D eigenvalue weighted by atomic mass is 10.4. The molecule has 6 heteroatoms. The molecule has 0 saturated heterocycles. The molecule has 1 aromatic carbocycles. The van der Waals surface area contributed by atoms with Gasteiger partial charge in [0.1, 0.15) is 0 Å². The van der Waals surface area contributed by atoms with Crippen LogP contribution in [-0.2, 0) is 10.0 Å². The summed E-state index contributed by atoms with van der Waals surface area (Å²) >= 11 is 3.32. The fourth-order valence-electron chi connectivity index (χ4n) is 2.02. The Morgan fingerprint density at radius 1 is 1.05 bits per heavy atom. The molecular weight excluding hydrogens is 340 g/mol. The summed E-state index contributed by atoms with van der Waals surface area (Å²) in [6.45, 7) is 9.68. The molecule has 0 fully saturated rings. The first kappa shape index (κ1) is 17.6.